The van der Waals surface area contributed by atoms with Crippen molar-refractivity contribution >= 4 is 33.5 Å². The van der Waals surface area contributed by atoms with Gasteiger partial charge in [0, 0.05) is 42.7 Å². The monoisotopic (exact) mass is 395 g/mol. The lowest BCUT2D eigenvalue weighted by Gasteiger charge is -2.30. The average Bonchev–Trinajstić information content (AvgIpc) is 3.25. The Bertz CT molecular complexity index is 1160. The number of aromatic nitrogens is 5. The van der Waals surface area contributed by atoms with Crippen LogP contribution in [0.5, 0.6) is 0 Å². The van der Waals surface area contributed by atoms with Gasteiger partial charge >= 0.3 is 0 Å². The Morgan fingerprint density at radius 2 is 2.14 bits per heavy atom. The summed E-state index contributed by atoms with van der Waals surface area (Å²) in [6, 6.07) is 6.18. The molecule has 0 saturated carbocycles. The minimum Gasteiger partial charge on any atom is -0.378 e. The molecule has 0 amide bonds. The van der Waals surface area contributed by atoms with Gasteiger partial charge in [0.25, 0.3) is 0 Å². The van der Waals surface area contributed by atoms with Crippen LogP contribution in [-0.4, -0.2) is 36.8 Å². The normalized spacial score (nSPS) is 20.2. The fraction of sp³-hybridized carbons (Fsp3) is 0.381. The van der Waals surface area contributed by atoms with Crippen molar-refractivity contribution in [1.82, 2.24) is 24.1 Å². The number of ether oxygens (including phenoxy) is 1. The number of hydrogen-bond donors (Lipinski definition) is 0. The number of aryl methyl sites for hydroxylation is 1. The minimum absolute atomic E-state index is 0.232. The number of benzene rings is 1. The summed E-state index contributed by atoms with van der Waals surface area (Å²) in [6.45, 7) is 2.90. The van der Waals surface area contributed by atoms with Gasteiger partial charge in [-0.3, -0.25) is 4.98 Å². The van der Waals surface area contributed by atoms with Crippen molar-refractivity contribution in [2.24, 2.45) is 7.05 Å². The highest BCUT2D eigenvalue weighted by Gasteiger charge is 2.26. The van der Waals surface area contributed by atoms with Crippen LogP contribution in [0, 0.1) is 0 Å². The van der Waals surface area contributed by atoms with E-state index in [9.17, 15) is 0 Å². The highest BCUT2D eigenvalue weighted by molar-refractivity contribution is 6.31. The van der Waals surface area contributed by atoms with Crippen molar-refractivity contribution in [1.29, 1.82) is 0 Å². The molecule has 7 heteroatoms. The predicted molar refractivity (Wildman–Crippen MR) is 110 cm³/mol. The standard InChI is InChI=1S/C21H22ClN5O/c1-13-7-16(5-6-28-13)27-20(9-15-11-26(2)12-24-15)25-19-10-23-18-4-3-14(22)8-17(18)21(19)27/h3-4,8,10-13,16H,5-7,9H2,1-2H3/t13-,16?/m1/s1. The minimum atomic E-state index is 0.232. The molecule has 0 spiro atoms. The molecule has 1 saturated heterocycles. The van der Waals surface area contributed by atoms with Gasteiger partial charge in [-0.05, 0) is 38.0 Å². The van der Waals surface area contributed by atoms with Crippen LogP contribution >= 0.6 is 11.6 Å². The maximum absolute atomic E-state index is 6.33. The molecule has 2 atom stereocenters. The van der Waals surface area contributed by atoms with Crippen LogP contribution < -0.4 is 0 Å². The topological polar surface area (TPSA) is 57.8 Å². The van der Waals surface area contributed by atoms with Gasteiger partial charge < -0.3 is 13.9 Å². The summed E-state index contributed by atoms with van der Waals surface area (Å²) < 4.78 is 10.2. The van der Waals surface area contributed by atoms with Crippen LogP contribution in [0.1, 0.15) is 37.3 Å². The van der Waals surface area contributed by atoms with E-state index in [0.29, 0.717) is 17.5 Å². The summed E-state index contributed by atoms with van der Waals surface area (Å²) in [6.07, 6.45) is 8.59. The summed E-state index contributed by atoms with van der Waals surface area (Å²) in [4.78, 5) is 14.1. The Labute approximate surface area is 168 Å². The molecule has 0 bridgehead atoms. The SMILES string of the molecule is C[C@@H]1CC(n2c(Cc3cn(C)cn3)nc3cnc4ccc(Cl)cc4c32)CCO1. The highest BCUT2D eigenvalue weighted by atomic mass is 35.5. The molecule has 5 rings (SSSR count). The Balaban J connectivity index is 1.74. The molecule has 28 heavy (non-hydrogen) atoms. The van der Waals surface area contributed by atoms with Gasteiger partial charge in [0.05, 0.1) is 35.4 Å². The van der Waals surface area contributed by atoms with Gasteiger partial charge in [0.2, 0.25) is 0 Å². The zero-order valence-electron chi connectivity index (χ0n) is 16.0. The van der Waals surface area contributed by atoms with Gasteiger partial charge in [-0.25, -0.2) is 9.97 Å². The zero-order valence-corrected chi connectivity index (χ0v) is 16.7. The molecule has 4 aromatic rings. The van der Waals surface area contributed by atoms with Gasteiger partial charge in [-0.1, -0.05) is 11.6 Å². The van der Waals surface area contributed by atoms with E-state index in [4.69, 9.17) is 21.3 Å². The van der Waals surface area contributed by atoms with Crippen molar-refractivity contribution < 1.29 is 4.74 Å². The summed E-state index contributed by atoms with van der Waals surface area (Å²) in [5, 5.41) is 1.75. The molecule has 144 valence electrons. The third-order valence-electron chi connectivity index (χ3n) is 5.47. The first-order valence-electron chi connectivity index (χ1n) is 9.62. The number of rotatable bonds is 3. The Morgan fingerprint density at radius 1 is 1.25 bits per heavy atom. The first-order valence-corrected chi connectivity index (χ1v) is 10.00. The third kappa shape index (κ3) is 3.06. The van der Waals surface area contributed by atoms with Crippen LogP contribution in [0.3, 0.4) is 0 Å². The van der Waals surface area contributed by atoms with Crippen LogP contribution in [0.25, 0.3) is 21.9 Å². The Kier molecular flexibility index (Phi) is 4.33. The summed E-state index contributed by atoms with van der Waals surface area (Å²) in [7, 11) is 1.99. The predicted octanol–water partition coefficient (Wildman–Crippen LogP) is 4.30. The molecular formula is C21H22ClN5O. The number of nitrogens with zero attached hydrogens (tertiary/aromatic N) is 5. The fourth-order valence-electron chi connectivity index (χ4n) is 4.24. The smallest absolute Gasteiger partial charge is 0.116 e. The summed E-state index contributed by atoms with van der Waals surface area (Å²) in [5.41, 5.74) is 3.95. The van der Waals surface area contributed by atoms with E-state index in [1.54, 1.807) is 0 Å². The first-order chi connectivity index (χ1) is 13.6. The molecule has 1 aliphatic rings. The lowest BCUT2D eigenvalue weighted by atomic mass is 10.0. The van der Waals surface area contributed by atoms with Crippen molar-refractivity contribution in [3.63, 3.8) is 0 Å². The molecule has 6 nitrogen and oxygen atoms in total. The number of imidazole rings is 2. The van der Waals surface area contributed by atoms with Crippen LogP contribution in [0.15, 0.2) is 36.9 Å². The van der Waals surface area contributed by atoms with Gasteiger partial charge in [0.1, 0.15) is 11.3 Å². The van der Waals surface area contributed by atoms with E-state index >= 15 is 0 Å². The largest absolute Gasteiger partial charge is 0.378 e. The van der Waals surface area contributed by atoms with E-state index in [-0.39, 0.29) is 6.10 Å². The van der Waals surface area contributed by atoms with Gasteiger partial charge in [0.15, 0.2) is 0 Å². The van der Waals surface area contributed by atoms with Crippen molar-refractivity contribution in [2.75, 3.05) is 6.61 Å². The number of hydrogen-bond acceptors (Lipinski definition) is 4. The van der Waals surface area contributed by atoms with Gasteiger partial charge in [-0.2, -0.15) is 0 Å². The second-order valence-corrected chi connectivity index (χ2v) is 8.05. The molecular weight excluding hydrogens is 374 g/mol. The molecule has 1 fully saturated rings. The molecule has 0 radical (unpaired) electrons. The molecule has 3 aromatic heterocycles. The van der Waals surface area contributed by atoms with E-state index < -0.39 is 0 Å². The second-order valence-electron chi connectivity index (χ2n) is 7.62. The maximum Gasteiger partial charge on any atom is 0.116 e. The van der Waals surface area contributed by atoms with E-state index in [1.807, 2.05) is 48.5 Å². The van der Waals surface area contributed by atoms with Crippen LogP contribution in [0.4, 0.5) is 0 Å². The Hall–Kier alpha value is -2.44. The molecule has 1 aromatic carbocycles. The molecule has 0 aliphatic carbocycles. The molecule has 0 N–H and O–H groups in total. The van der Waals surface area contributed by atoms with Gasteiger partial charge in [-0.15, -0.1) is 0 Å². The highest BCUT2D eigenvalue weighted by Crippen LogP contribution is 2.34. The number of fused-ring (bicyclic) bond motifs is 3. The number of pyridine rings is 1. The maximum atomic E-state index is 6.33. The van der Waals surface area contributed by atoms with Crippen molar-refractivity contribution in [2.45, 2.75) is 38.3 Å². The lowest BCUT2D eigenvalue weighted by Crippen LogP contribution is -2.26. The zero-order chi connectivity index (χ0) is 19.3. The molecule has 1 unspecified atom stereocenters. The second kappa shape index (κ2) is 6.87. The fourth-order valence-corrected chi connectivity index (χ4v) is 4.42. The third-order valence-corrected chi connectivity index (χ3v) is 5.71. The Morgan fingerprint density at radius 3 is 2.93 bits per heavy atom. The molecule has 4 heterocycles. The average molecular weight is 396 g/mol. The molecule has 1 aliphatic heterocycles. The number of halogens is 1. The first kappa shape index (κ1) is 17.6. The van der Waals surface area contributed by atoms with Crippen molar-refractivity contribution in [3.8, 4) is 0 Å². The quantitative estimate of drug-likeness (QED) is 0.519. The van der Waals surface area contributed by atoms with Crippen LogP contribution in [-0.2, 0) is 18.2 Å². The van der Waals surface area contributed by atoms with Crippen LogP contribution in [0.2, 0.25) is 5.02 Å². The van der Waals surface area contributed by atoms with E-state index in [1.165, 1.54) is 0 Å². The van der Waals surface area contributed by atoms with E-state index in [0.717, 1.165) is 52.9 Å². The summed E-state index contributed by atoms with van der Waals surface area (Å²) in [5.74, 6) is 1.02. The van der Waals surface area contributed by atoms with Crippen molar-refractivity contribution in [3.05, 3.63) is 53.5 Å². The lowest BCUT2D eigenvalue weighted by molar-refractivity contribution is 0.00631. The summed E-state index contributed by atoms with van der Waals surface area (Å²) >= 11 is 6.33. The van der Waals surface area contributed by atoms with E-state index in [2.05, 4.69) is 21.5 Å².